The summed E-state index contributed by atoms with van der Waals surface area (Å²) in [7, 11) is 0. The van der Waals surface area contributed by atoms with Crippen molar-refractivity contribution < 1.29 is 61.9 Å². The Balaban J connectivity index is 0.00000113. The van der Waals surface area contributed by atoms with Crippen LogP contribution in [0.3, 0.4) is 0 Å². The summed E-state index contributed by atoms with van der Waals surface area (Å²) in [6.45, 7) is 6.79. The number of para-hydroxylation sites is 1. The van der Waals surface area contributed by atoms with Crippen LogP contribution in [0.1, 0.15) is 26.3 Å². The molecule has 0 spiro atoms. The zero-order valence-electron chi connectivity index (χ0n) is 14.6. The second-order valence-electron chi connectivity index (χ2n) is 6.49. The molecule has 26 heavy (non-hydrogen) atoms. The van der Waals surface area contributed by atoms with Crippen LogP contribution >= 0.6 is 15.9 Å². The monoisotopic (exact) mass is 545 g/mol. The third-order valence-corrected chi connectivity index (χ3v) is 7.17. The van der Waals surface area contributed by atoms with Gasteiger partial charge in [0, 0.05) is 0 Å². The van der Waals surface area contributed by atoms with Crippen LogP contribution in [0.5, 0.6) is 0 Å². The average Bonchev–Trinajstić information content (AvgIpc) is 2.97. The van der Waals surface area contributed by atoms with Crippen LogP contribution in [-0.4, -0.2) is 3.25 Å². The van der Waals surface area contributed by atoms with Gasteiger partial charge in [-0.15, -0.1) is 0 Å². The molecule has 134 valence electrons. The van der Waals surface area contributed by atoms with Crippen LogP contribution in [0.15, 0.2) is 46.4 Å². The van der Waals surface area contributed by atoms with Gasteiger partial charge in [0.2, 0.25) is 0 Å². The van der Waals surface area contributed by atoms with Gasteiger partial charge in [-0.2, -0.15) is 0 Å². The van der Waals surface area contributed by atoms with E-state index in [0.29, 0.717) is 0 Å². The van der Waals surface area contributed by atoms with Crippen molar-refractivity contribution in [2.24, 2.45) is 0 Å². The Morgan fingerprint density at radius 3 is 2.23 bits per heavy atom. The molecule has 0 aromatic heterocycles. The van der Waals surface area contributed by atoms with E-state index in [9.17, 15) is 0 Å². The number of halogens is 4. The van der Waals surface area contributed by atoms with Crippen molar-refractivity contribution in [3.05, 3.63) is 62.4 Å². The van der Waals surface area contributed by atoms with Crippen LogP contribution in [0.4, 0.5) is 11.4 Å². The summed E-state index contributed by atoms with van der Waals surface area (Å²) in [5, 5.41) is 2.68. The molecule has 0 amide bonds. The minimum Gasteiger partial charge on any atom is -1.00 e. The normalized spacial score (nSPS) is 19.4. The maximum Gasteiger partial charge on any atom is -1.00 e. The number of benzene rings is 2. The van der Waals surface area contributed by atoms with E-state index in [-0.39, 0.29) is 40.5 Å². The van der Waals surface area contributed by atoms with Crippen molar-refractivity contribution in [2.75, 3.05) is 4.90 Å². The number of rotatable bonds is 1. The summed E-state index contributed by atoms with van der Waals surface area (Å²) >= 11 is 5.40. The Bertz CT molecular complexity index is 984. The van der Waals surface area contributed by atoms with Gasteiger partial charge in [-0.1, -0.05) is 0 Å². The first kappa shape index (κ1) is 24.0. The molecule has 0 N–H and O–H groups in total. The first-order valence-electron chi connectivity index (χ1n) is 7.75. The van der Waals surface area contributed by atoms with Crippen LogP contribution < -0.4 is 52.6 Å². The first-order valence-corrected chi connectivity index (χ1v) is 9.77. The predicted molar refractivity (Wildman–Crippen MR) is 97.6 cm³/mol. The van der Waals surface area contributed by atoms with Crippen LogP contribution in [-0.2, 0) is 24.7 Å². The molecule has 1 unspecified atom stereocenters. The van der Waals surface area contributed by atoms with Crippen LogP contribution in [0, 0.1) is 0 Å². The average molecular weight is 549 g/mol. The summed E-state index contributed by atoms with van der Waals surface area (Å²) in [4.78, 5) is 2.50. The zero-order chi connectivity index (χ0) is 16.4. The van der Waals surface area contributed by atoms with E-state index in [2.05, 4.69) is 90.2 Å². The van der Waals surface area contributed by atoms with Crippen molar-refractivity contribution in [1.29, 1.82) is 0 Å². The van der Waals surface area contributed by atoms with Crippen LogP contribution in [0.2, 0.25) is 0 Å². The van der Waals surface area contributed by atoms with Gasteiger partial charge >= 0.3 is 161 Å². The Hall–Kier alpha value is -0.0469. The van der Waals surface area contributed by atoms with Gasteiger partial charge in [-0.3, -0.25) is 0 Å². The van der Waals surface area contributed by atoms with Gasteiger partial charge in [-0.05, 0) is 0 Å². The molecule has 1 aliphatic heterocycles. The summed E-state index contributed by atoms with van der Waals surface area (Å²) in [5.74, 6) is 0. The molecule has 2 aromatic carbocycles. The fraction of sp³-hybridized carbons (Fsp3) is 0.200. The minimum absolute atomic E-state index is 0. The third kappa shape index (κ3) is 3.51. The maximum absolute atomic E-state index is 3.90. The Labute approximate surface area is 196 Å². The van der Waals surface area contributed by atoms with Crippen molar-refractivity contribution in [3.63, 3.8) is 0 Å². The second-order valence-corrected chi connectivity index (χ2v) is 9.67. The van der Waals surface area contributed by atoms with E-state index in [1.165, 1.54) is 67.7 Å². The van der Waals surface area contributed by atoms with E-state index in [1.54, 1.807) is 0 Å². The predicted octanol–water partition coefficient (Wildman–Crippen LogP) is -4.76. The molecule has 0 bridgehead atoms. The number of hydrogen-bond donors (Lipinski definition) is 0. The fourth-order valence-electron chi connectivity index (χ4n) is 3.61. The third-order valence-electron chi connectivity index (χ3n) is 4.88. The topological polar surface area (TPSA) is 3.24 Å². The molecule has 1 aliphatic carbocycles. The molecule has 1 heterocycles. The van der Waals surface area contributed by atoms with E-state index < -0.39 is 0 Å². The number of fused-ring (bicyclic) bond motifs is 2. The van der Waals surface area contributed by atoms with Crippen molar-refractivity contribution in [3.8, 4) is 0 Å². The Morgan fingerprint density at radius 1 is 1.00 bits per heavy atom. The number of nitrogens with zero attached hydrogens (tertiary/aromatic N) is 1. The molecule has 2 aliphatic rings. The molecular weight excluding hydrogens is 532 g/mol. The molecule has 0 saturated heterocycles. The van der Waals surface area contributed by atoms with Gasteiger partial charge in [0.15, 0.2) is 0 Å². The van der Waals surface area contributed by atoms with Crippen LogP contribution in [0.25, 0.3) is 17.7 Å². The van der Waals surface area contributed by atoms with E-state index in [0.717, 1.165) is 0 Å². The number of hydrogen-bond acceptors (Lipinski definition) is 1. The molecule has 1 nitrogen and oxygen atoms in total. The summed E-state index contributed by atoms with van der Waals surface area (Å²) in [5.41, 5.74) is 6.67. The SMILES string of the molecule is CC1=Cc2c(Br)c3c(cc2=C1)N(c1ccccc1)[C](C)([Zr+3])C=3C.[Cl-].[Cl-].[Cl-]. The van der Waals surface area contributed by atoms with Crippen molar-refractivity contribution >= 4 is 45.0 Å². The molecule has 1 atom stereocenters. The largest absolute Gasteiger partial charge is 1.00 e. The summed E-state index contributed by atoms with van der Waals surface area (Å²) in [6.07, 6.45) is 4.55. The molecule has 0 fully saturated rings. The van der Waals surface area contributed by atoms with Gasteiger partial charge in [0.1, 0.15) is 0 Å². The van der Waals surface area contributed by atoms with E-state index in [4.69, 9.17) is 0 Å². The first-order chi connectivity index (χ1) is 10.9. The summed E-state index contributed by atoms with van der Waals surface area (Å²) in [6, 6.07) is 13.1. The summed E-state index contributed by atoms with van der Waals surface area (Å²) < 4.78 is 1.29. The second kappa shape index (κ2) is 8.54. The van der Waals surface area contributed by atoms with Crippen molar-refractivity contribution in [2.45, 2.75) is 24.0 Å². The van der Waals surface area contributed by atoms with E-state index in [1.807, 2.05) is 0 Å². The standard InChI is InChI=1S/C20H17BrN.3ClH.Zr/c1-12-9-15-11-18-19(20(21)17(15)10-12)13(2)14(3)22(18)16-7-5-4-6-8-16;;;;/h4-11H,1-3H3;3*1H;/q;;;;+3/p-3. The van der Waals surface area contributed by atoms with E-state index >= 15 is 0 Å². The zero-order valence-corrected chi connectivity index (χ0v) is 20.9. The van der Waals surface area contributed by atoms with Gasteiger partial charge < -0.3 is 37.2 Å². The Morgan fingerprint density at radius 2 is 1.62 bits per heavy atom. The molecular formula is C20H17BrCl3NZr. The van der Waals surface area contributed by atoms with Gasteiger partial charge in [0.25, 0.3) is 0 Å². The molecule has 6 heteroatoms. The number of anilines is 2. The number of allylic oxidation sites excluding steroid dienone is 1. The maximum atomic E-state index is 3.90. The smallest absolute Gasteiger partial charge is 1.00 e. The van der Waals surface area contributed by atoms with Gasteiger partial charge in [0.05, 0.1) is 0 Å². The van der Waals surface area contributed by atoms with Crippen molar-refractivity contribution in [1.82, 2.24) is 0 Å². The minimum atomic E-state index is 0. The van der Waals surface area contributed by atoms with Gasteiger partial charge in [-0.25, -0.2) is 0 Å². The molecule has 0 saturated carbocycles. The molecule has 4 rings (SSSR count). The molecule has 2 aromatic rings. The fourth-order valence-corrected chi connectivity index (χ4v) is 5.38. The Kier molecular flexibility index (Phi) is 7.88. The quantitative estimate of drug-likeness (QED) is 0.346. The molecule has 0 radical (unpaired) electrons.